The molecule has 21 heavy (non-hydrogen) atoms. The van der Waals surface area contributed by atoms with Gasteiger partial charge in [-0.15, -0.1) is 0 Å². The quantitative estimate of drug-likeness (QED) is 0.849. The molecule has 0 amide bonds. The fourth-order valence-corrected chi connectivity index (χ4v) is 2.50. The second kappa shape index (κ2) is 6.35. The molecule has 0 saturated heterocycles. The van der Waals surface area contributed by atoms with Crippen LogP contribution >= 0.6 is 11.6 Å². The number of ketones is 1. The van der Waals surface area contributed by atoms with Gasteiger partial charge in [0.05, 0.1) is 22.8 Å². The number of aryl methyl sites for hydroxylation is 2. The van der Waals surface area contributed by atoms with Crippen molar-refractivity contribution in [2.24, 2.45) is 7.05 Å². The molecule has 6 heteroatoms. The smallest absolute Gasteiger partial charge is 0.159 e. The molecular weight excluding hydrogens is 298 g/mol. The first-order valence-electron chi connectivity index (χ1n) is 6.58. The molecule has 0 unspecified atom stereocenters. The summed E-state index contributed by atoms with van der Waals surface area (Å²) >= 11 is 6.18. The van der Waals surface area contributed by atoms with Crippen molar-refractivity contribution in [3.05, 3.63) is 51.8 Å². The fourth-order valence-electron chi connectivity index (χ4n) is 2.14. The van der Waals surface area contributed by atoms with Crippen LogP contribution in [0.25, 0.3) is 0 Å². The number of carbonyl (C=O) groups excluding carboxylic acids is 1. The van der Waals surface area contributed by atoms with E-state index in [2.05, 4.69) is 5.10 Å². The molecule has 0 atom stereocenters. The first-order valence-corrected chi connectivity index (χ1v) is 6.96. The summed E-state index contributed by atoms with van der Waals surface area (Å²) in [5.41, 5.74) is 1.82. The maximum Gasteiger partial charge on any atom is 0.159 e. The van der Waals surface area contributed by atoms with Gasteiger partial charge in [0.25, 0.3) is 0 Å². The van der Waals surface area contributed by atoms with Crippen LogP contribution in [-0.4, -0.2) is 15.6 Å². The lowest BCUT2D eigenvalue weighted by Gasteiger charge is -2.04. The van der Waals surface area contributed by atoms with Crippen molar-refractivity contribution >= 4 is 17.4 Å². The molecule has 0 aliphatic carbocycles. The maximum absolute atomic E-state index is 13.1. The molecule has 0 radical (unpaired) electrons. The Hall–Kier alpha value is -1.75. The minimum atomic E-state index is -0.952. The Morgan fingerprint density at radius 3 is 2.57 bits per heavy atom. The van der Waals surface area contributed by atoms with Crippen LogP contribution in [0.1, 0.15) is 23.9 Å². The zero-order valence-electron chi connectivity index (χ0n) is 11.8. The zero-order chi connectivity index (χ0) is 15.6. The van der Waals surface area contributed by atoms with Crippen molar-refractivity contribution in [1.82, 2.24) is 9.78 Å². The average Bonchev–Trinajstić information content (AvgIpc) is 2.70. The van der Waals surface area contributed by atoms with E-state index in [1.54, 1.807) is 11.7 Å². The highest BCUT2D eigenvalue weighted by Gasteiger charge is 2.16. The SMILES string of the molecule is CCc1nn(C)c(CC(=O)Cc2ccc(F)c(F)c2)c1Cl. The lowest BCUT2D eigenvalue weighted by Crippen LogP contribution is -2.10. The summed E-state index contributed by atoms with van der Waals surface area (Å²) in [5, 5.41) is 4.74. The van der Waals surface area contributed by atoms with E-state index in [1.807, 2.05) is 6.92 Å². The predicted molar refractivity (Wildman–Crippen MR) is 76.4 cm³/mol. The fraction of sp³-hybridized carbons (Fsp3) is 0.333. The van der Waals surface area contributed by atoms with Crippen LogP contribution < -0.4 is 0 Å². The van der Waals surface area contributed by atoms with Crippen LogP contribution in [0.3, 0.4) is 0 Å². The van der Waals surface area contributed by atoms with E-state index in [9.17, 15) is 13.6 Å². The molecule has 1 aromatic carbocycles. The standard InChI is InChI=1S/C15H15ClF2N2O/c1-3-13-15(16)14(20(2)19-13)8-10(21)6-9-4-5-11(17)12(18)7-9/h4-5,7H,3,6,8H2,1-2H3. The third-order valence-corrected chi connectivity index (χ3v) is 3.69. The van der Waals surface area contributed by atoms with Crippen molar-refractivity contribution in [3.8, 4) is 0 Å². The van der Waals surface area contributed by atoms with E-state index in [1.165, 1.54) is 6.07 Å². The van der Waals surface area contributed by atoms with Crippen molar-refractivity contribution in [2.75, 3.05) is 0 Å². The van der Waals surface area contributed by atoms with Crippen molar-refractivity contribution in [3.63, 3.8) is 0 Å². The van der Waals surface area contributed by atoms with Gasteiger partial charge in [0, 0.05) is 13.5 Å². The van der Waals surface area contributed by atoms with Gasteiger partial charge in [0.2, 0.25) is 0 Å². The number of carbonyl (C=O) groups is 1. The molecule has 2 rings (SSSR count). The third-order valence-electron chi connectivity index (χ3n) is 3.25. The Morgan fingerprint density at radius 1 is 1.29 bits per heavy atom. The molecule has 0 bridgehead atoms. The van der Waals surface area contributed by atoms with Gasteiger partial charge in [-0.2, -0.15) is 5.10 Å². The predicted octanol–water partition coefficient (Wildman–Crippen LogP) is 3.27. The second-order valence-electron chi connectivity index (χ2n) is 4.83. The first-order chi connectivity index (χ1) is 9.92. The topological polar surface area (TPSA) is 34.9 Å². The summed E-state index contributed by atoms with van der Waals surface area (Å²) in [6.07, 6.45) is 0.825. The Balaban J connectivity index is 2.11. The van der Waals surface area contributed by atoms with Crippen LogP contribution in [0.5, 0.6) is 0 Å². The lowest BCUT2D eigenvalue weighted by molar-refractivity contribution is -0.117. The van der Waals surface area contributed by atoms with Crippen molar-refractivity contribution in [1.29, 1.82) is 0 Å². The Bertz CT molecular complexity index is 683. The molecule has 0 aliphatic heterocycles. The normalized spacial score (nSPS) is 10.9. The van der Waals surface area contributed by atoms with Crippen molar-refractivity contribution in [2.45, 2.75) is 26.2 Å². The molecule has 0 saturated carbocycles. The summed E-state index contributed by atoms with van der Waals surface area (Å²) < 4.78 is 27.5. The van der Waals surface area contributed by atoms with Crippen LogP contribution in [0.15, 0.2) is 18.2 Å². The minimum Gasteiger partial charge on any atom is -0.299 e. The third kappa shape index (κ3) is 3.47. The molecule has 0 N–H and O–H groups in total. The number of hydrogen-bond donors (Lipinski definition) is 0. The molecule has 0 aliphatic rings. The Morgan fingerprint density at radius 2 is 2.00 bits per heavy atom. The molecule has 0 fully saturated rings. The van der Waals surface area contributed by atoms with Gasteiger partial charge in [-0.1, -0.05) is 24.6 Å². The summed E-state index contributed by atoms with van der Waals surface area (Å²) in [5.74, 6) is -2.01. The largest absolute Gasteiger partial charge is 0.299 e. The number of benzene rings is 1. The Labute approximate surface area is 126 Å². The van der Waals surface area contributed by atoms with Gasteiger partial charge in [0.15, 0.2) is 11.6 Å². The van der Waals surface area contributed by atoms with Crippen molar-refractivity contribution < 1.29 is 13.6 Å². The van der Waals surface area contributed by atoms with Crippen LogP contribution in [0.4, 0.5) is 8.78 Å². The molecular formula is C15H15ClF2N2O. The van der Waals surface area contributed by atoms with Crippen LogP contribution in [0, 0.1) is 11.6 Å². The van der Waals surface area contributed by atoms with Gasteiger partial charge >= 0.3 is 0 Å². The highest BCUT2D eigenvalue weighted by Crippen LogP contribution is 2.22. The summed E-state index contributed by atoms with van der Waals surface area (Å²) in [7, 11) is 1.73. The maximum atomic E-state index is 13.1. The van der Waals surface area contributed by atoms with Gasteiger partial charge in [0.1, 0.15) is 5.78 Å². The monoisotopic (exact) mass is 312 g/mol. The van der Waals surface area contributed by atoms with E-state index in [-0.39, 0.29) is 18.6 Å². The first kappa shape index (κ1) is 15.6. The average molecular weight is 313 g/mol. The van der Waals surface area contributed by atoms with Crippen LogP contribution in [-0.2, 0) is 31.1 Å². The number of halogens is 3. The summed E-state index contributed by atoms with van der Waals surface area (Å²) in [4.78, 5) is 12.1. The molecule has 3 nitrogen and oxygen atoms in total. The van der Waals surface area contributed by atoms with Gasteiger partial charge in [-0.05, 0) is 24.1 Å². The number of hydrogen-bond acceptors (Lipinski definition) is 2. The molecule has 2 aromatic rings. The minimum absolute atomic E-state index is 0.0279. The number of rotatable bonds is 5. The van der Waals surface area contributed by atoms with Gasteiger partial charge in [-0.25, -0.2) is 8.78 Å². The molecule has 1 aromatic heterocycles. The number of aromatic nitrogens is 2. The number of Topliss-reactive ketones (excluding diaryl/α,β-unsaturated/α-hetero) is 1. The lowest BCUT2D eigenvalue weighted by atomic mass is 10.1. The molecule has 0 spiro atoms. The molecule has 112 valence electrons. The van der Waals surface area contributed by atoms with Gasteiger partial charge < -0.3 is 0 Å². The van der Waals surface area contributed by atoms with Crippen LogP contribution in [0.2, 0.25) is 5.02 Å². The van der Waals surface area contributed by atoms with E-state index < -0.39 is 11.6 Å². The Kier molecular flexibility index (Phi) is 4.73. The highest BCUT2D eigenvalue weighted by molar-refractivity contribution is 6.32. The highest BCUT2D eigenvalue weighted by atomic mass is 35.5. The molecule has 1 heterocycles. The number of nitrogens with zero attached hydrogens (tertiary/aromatic N) is 2. The van der Waals surface area contributed by atoms with E-state index >= 15 is 0 Å². The summed E-state index contributed by atoms with van der Waals surface area (Å²) in [6.45, 7) is 1.93. The van der Waals surface area contributed by atoms with E-state index in [0.717, 1.165) is 17.8 Å². The second-order valence-corrected chi connectivity index (χ2v) is 5.20. The van der Waals surface area contributed by atoms with Gasteiger partial charge in [-0.3, -0.25) is 9.48 Å². The van der Waals surface area contributed by atoms with E-state index in [0.29, 0.717) is 22.7 Å². The van der Waals surface area contributed by atoms with E-state index in [4.69, 9.17) is 11.6 Å². The zero-order valence-corrected chi connectivity index (χ0v) is 12.5. The summed E-state index contributed by atoms with van der Waals surface area (Å²) in [6, 6.07) is 3.46.